The number of rotatable bonds is 7. The number of thioether (sulfide) groups is 1. The number of furan rings is 1. The number of carbonyl (C=O) groups excluding carboxylic acids is 2. The molecule has 3 heterocycles. The highest BCUT2D eigenvalue weighted by atomic mass is 32.2. The Morgan fingerprint density at radius 3 is 2.68 bits per heavy atom. The van der Waals surface area contributed by atoms with Gasteiger partial charge in [0.05, 0.1) is 18.1 Å². The SMILES string of the molecule is O=C1NC(=S)S/C1=C\c1ccc(-c2cccc(C(=O)CN3CCN(CCO)CC3)c2)o1. The van der Waals surface area contributed by atoms with E-state index in [-0.39, 0.29) is 18.3 Å². The number of β-amino-alcohol motifs (C(OH)–C–C–N with tert-alkyl or cyclic N) is 1. The van der Waals surface area contributed by atoms with Crippen LogP contribution in [0.25, 0.3) is 17.4 Å². The summed E-state index contributed by atoms with van der Waals surface area (Å²) in [5.74, 6) is 1.02. The maximum Gasteiger partial charge on any atom is 0.263 e. The lowest BCUT2D eigenvalue weighted by atomic mass is 10.1. The molecule has 162 valence electrons. The van der Waals surface area contributed by atoms with E-state index < -0.39 is 0 Å². The van der Waals surface area contributed by atoms with E-state index in [2.05, 4.69) is 15.1 Å². The molecular weight excluding hydrogens is 434 g/mol. The molecule has 1 aromatic carbocycles. The van der Waals surface area contributed by atoms with Crippen molar-refractivity contribution in [3.63, 3.8) is 0 Å². The van der Waals surface area contributed by atoms with Crippen molar-refractivity contribution in [1.82, 2.24) is 15.1 Å². The number of thiocarbonyl (C=S) groups is 1. The summed E-state index contributed by atoms with van der Waals surface area (Å²) in [7, 11) is 0. The van der Waals surface area contributed by atoms with Crippen LogP contribution in [-0.4, -0.2) is 76.8 Å². The van der Waals surface area contributed by atoms with E-state index in [1.807, 2.05) is 30.3 Å². The van der Waals surface area contributed by atoms with Gasteiger partial charge in [-0.1, -0.05) is 42.2 Å². The summed E-state index contributed by atoms with van der Waals surface area (Å²) in [4.78, 5) is 29.5. The van der Waals surface area contributed by atoms with Crippen LogP contribution >= 0.6 is 24.0 Å². The summed E-state index contributed by atoms with van der Waals surface area (Å²) in [5.41, 5.74) is 1.45. The lowest BCUT2D eigenvalue weighted by molar-refractivity contribution is -0.115. The molecule has 0 radical (unpaired) electrons. The van der Waals surface area contributed by atoms with Gasteiger partial charge < -0.3 is 14.8 Å². The molecule has 0 spiro atoms. The van der Waals surface area contributed by atoms with Crippen LogP contribution in [-0.2, 0) is 4.79 Å². The van der Waals surface area contributed by atoms with E-state index in [1.165, 1.54) is 11.8 Å². The first-order valence-electron chi connectivity index (χ1n) is 10.1. The van der Waals surface area contributed by atoms with E-state index >= 15 is 0 Å². The predicted molar refractivity (Wildman–Crippen MR) is 125 cm³/mol. The monoisotopic (exact) mass is 457 g/mol. The maximum atomic E-state index is 12.8. The summed E-state index contributed by atoms with van der Waals surface area (Å²) in [6, 6.07) is 11.0. The van der Waals surface area contributed by atoms with Crippen LogP contribution in [0.15, 0.2) is 45.7 Å². The molecule has 0 saturated carbocycles. The van der Waals surface area contributed by atoms with Crippen molar-refractivity contribution in [2.75, 3.05) is 45.9 Å². The molecular formula is C22H23N3O4S2. The average Bonchev–Trinajstić information content (AvgIpc) is 3.36. The molecule has 1 amide bonds. The van der Waals surface area contributed by atoms with Crippen molar-refractivity contribution < 1.29 is 19.1 Å². The smallest absolute Gasteiger partial charge is 0.263 e. The van der Waals surface area contributed by atoms with E-state index in [0.29, 0.717) is 39.4 Å². The van der Waals surface area contributed by atoms with E-state index in [4.69, 9.17) is 21.7 Å². The highest BCUT2D eigenvalue weighted by Gasteiger charge is 2.23. The number of Topliss-reactive ketones (excluding diaryl/α,β-unsaturated/α-hetero) is 1. The first kappa shape index (κ1) is 21.9. The minimum atomic E-state index is -0.224. The Balaban J connectivity index is 1.41. The van der Waals surface area contributed by atoms with Crippen molar-refractivity contribution in [3.8, 4) is 11.3 Å². The molecule has 2 aromatic rings. The number of hydrogen-bond donors (Lipinski definition) is 2. The summed E-state index contributed by atoms with van der Waals surface area (Å²) in [6.07, 6.45) is 1.66. The minimum absolute atomic E-state index is 0.0684. The van der Waals surface area contributed by atoms with Gasteiger partial charge in [0.2, 0.25) is 0 Å². The molecule has 2 aliphatic heterocycles. The number of benzene rings is 1. The zero-order chi connectivity index (χ0) is 21.8. The summed E-state index contributed by atoms with van der Waals surface area (Å²) >= 11 is 6.20. The molecule has 0 bridgehead atoms. The third-order valence-corrected chi connectivity index (χ3v) is 6.42. The number of aliphatic hydroxyl groups excluding tert-OH is 1. The lowest BCUT2D eigenvalue weighted by Gasteiger charge is -2.33. The normalized spacial score (nSPS) is 19.2. The number of carbonyl (C=O) groups is 2. The van der Waals surface area contributed by atoms with Gasteiger partial charge in [-0.3, -0.25) is 19.4 Å². The van der Waals surface area contributed by atoms with Crippen molar-refractivity contribution in [2.24, 2.45) is 0 Å². The van der Waals surface area contributed by atoms with E-state index in [1.54, 1.807) is 12.1 Å². The van der Waals surface area contributed by atoms with Gasteiger partial charge in [0.1, 0.15) is 15.8 Å². The van der Waals surface area contributed by atoms with Gasteiger partial charge in [-0.15, -0.1) is 0 Å². The summed E-state index contributed by atoms with van der Waals surface area (Å²) in [5, 5.41) is 11.6. The van der Waals surface area contributed by atoms with E-state index in [0.717, 1.165) is 31.7 Å². The van der Waals surface area contributed by atoms with Gasteiger partial charge in [0, 0.05) is 49.9 Å². The molecule has 31 heavy (non-hydrogen) atoms. The fourth-order valence-corrected chi connectivity index (χ4v) is 4.61. The van der Waals surface area contributed by atoms with Crippen molar-refractivity contribution in [2.45, 2.75) is 0 Å². The van der Waals surface area contributed by atoms with Crippen LogP contribution in [0.3, 0.4) is 0 Å². The Labute approximate surface area is 190 Å². The number of piperazine rings is 1. The summed E-state index contributed by atoms with van der Waals surface area (Å²) in [6.45, 7) is 4.57. The van der Waals surface area contributed by atoms with Crippen molar-refractivity contribution in [3.05, 3.63) is 52.6 Å². The van der Waals surface area contributed by atoms with Crippen LogP contribution in [0.1, 0.15) is 16.1 Å². The maximum absolute atomic E-state index is 12.8. The number of hydrogen-bond acceptors (Lipinski definition) is 8. The predicted octanol–water partition coefficient (Wildman–Crippen LogP) is 2.23. The van der Waals surface area contributed by atoms with Crippen LogP contribution in [0, 0.1) is 0 Å². The number of ketones is 1. The Bertz CT molecular complexity index is 1030. The quantitative estimate of drug-likeness (QED) is 0.372. The Morgan fingerprint density at radius 1 is 1.19 bits per heavy atom. The molecule has 1 aromatic heterocycles. The van der Waals surface area contributed by atoms with Crippen LogP contribution in [0.4, 0.5) is 0 Å². The summed E-state index contributed by atoms with van der Waals surface area (Å²) < 4.78 is 6.31. The molecule has 0 aliphatic carbocycles. The van der Waals surface area contributed by atoms with Gasteiger partial charge in [-0.25, -0.2) is 0 Å². The zero-order valence-electron chi connectivity index (χ0n) is 16.9. The second-order valence-electron chi connectivity index (χ2n) is 7.40. The average molecular weight is 458 g/mol. The standard InChI is InChI=1S/C22H23N3O4S2/c26-11-10-24-6-8-25(9-7-24)14-18(27)15-2-1-3-16(12-15)19-5-4-17(29-19)13-20-21(28)23-22(30)31-20/h1-5,12-13,26H,6-11,14H2,(H,23,28,30)/b20-13-. The molecule has 9 heteroatoms. The lowest BCUT2D eigenvalue weighted by Crippen LogP contribution is -2.48. The van der Waals surface area contributed by atoms with Crippen LogP contribution in [0.2, 0.25) is 0 Å². The third-order valence-electron chi connectivity index (χ3n) is 5.26. The fourth-order valence-electron chi connectivity index (χ4n) is 3.59. The van der Waals surface area contributed by atoms with Gasteiger partial charge in [-0.05, 0) is 18.2 Å². The highest BCUT2D eigenvalue weighted by Crippen LogP contribution is 2.29. The fraction of sp³-hybridized carbons (Fsp3) is 0.318. The number of nitrogens with one attached hydrogen (secondary N) is 1. The second-order valence-corrected chi connectivity index (χ2v) is 9.12. The molecule has 7 nitrogen and oxygen atoms in total. The molecule has 2 aliphatic rings. The van der Waals surface area contributed by atoms with Gasteiger partial charge in [0.15, 0.2) is 5.78 Å². The zero-order valence-corrected chi connectivity index (χ0v) is 18.5. The Kier molecular flexibility index (Phi) is 6.99. The third kappa shape index (κ3) is 5.50. The second kappa shape index (κ2) is 9.88. The largest absolute Gasteiger partial charge is 0.457 e. The van der Waals surface area contributed by atoms with Gasteiger partial charge in [0.25, 0.3) is 5.91 Å². The molecule has 0 unspecified atom stereocenters. The Morgan fingerprint density at radius 2 is 1.97 bits per heavy atom. The first-order valence-corrected chi connectivity index (χ1v) is 11.3. The topological polar surface area (TPSA) is 86.0 Å². The molecule has 2 N–H and O–H groups in total. The van der Waals surface area contributed by atoms with Crippen molar-refractivity contribution in [1.29, 1.82) is 0 Å². The molecule has 2 fully saturated rings. The number of aliphatic hydroxyl groups is 1. The van der Waals surface area contributed by atoms with Crippen LogP contribution in [0.5, 0.6) is 0 Å². The van der Waals surface area contributed by atoms with E-state index in [9.17, 15) is 9.59 Å². The Hall–Kier alpha value is -2.30. The number of amides is 1. The molecule has 2 saturated heterocycles. The van der Waals surface area contributed by atoms with Crippen molar-refractivity contribution >= 4 is 46.1 Å². The minimum Gasteiger partial charge on any atom is -0.457 e. The molecule has 4 rings (SSSR count). The highest BCUT2D eigenvalue weighted by molar-refractivity contribution is 8.26. The van der Waals surface area contributed by atoms with Gasteiger partial charge >= 0.3 is 0 Å². The number of nitrogens with zero attached hydrogens (tertiary/aromatic N) is 2. The first-order chi connectivity index (χ1) is 15.0. The molecule has 0 atom stereocenters. The van der Waals surface area contributed by atoms with Crippen LogP contribution < -0.4 is 5.32 Å². The van der Waals surface area contributed by atoms with Gasteiger partial charge in [-0.2, -0.15) is 0 Å².